The van der Waals surface area contributed by atoms with Crippen molar-refractivity contribution in [2.45, 2.75) is 58.2 Å². The van der Waals surface area contributed by atoms with E-state index in [1.165, 1.54) is 6.20 Å². The first kappa shape index (κ1) is 23.5. The number of H-pyrrole nitrogens is 1. The number of amides is 2. The highest BCUT2D eigenvalue weighted by Crippen LogP contribution is 2.28. The van der Waals surface area contributed by atoms with Gasteiger partial charge in [0.15, 0.2) is 5.78 Å². The largest absolute Gasteiger partial charge is 0.413 e. The standard InChI is InChI=1S/C24H31N3O5/c1-4-20-21(19(28)15-31-20)27-22(29)18(26-23(30)32-17-10-11-25-14-17)13-24(2,3)12-16-8-6-5-7-9-16/h5-11,14,18,20-21,25H,4,12-13,15H2,1-3H3,(H,26,30)(H,27,29)/t18-,20?,21?/m0/s1. The van der Waals surface area contributed by atoms with Gasteiger partial charge in [-0.25, -0.2) is 4.79 Å². The summed E-state index contributed by atoms with van der Waals surface area (Å²) in [5, 5.41) is 5.47. The van der Waals surface area contributed by atoms with Crippen molar-refractivity contribution in [1.82, 2.24) is 15.6 Å². The molecule has 3 atom stereocenters. The van der Waals surface area contributed by atoms with E-state index in [9.17, 15) is 14.4 Å². The molecule has 32 heavy (non-hydrogen) atoms. The minimum absolute atomic E-state index is 0.0173. The fourth-order valence-corrected chi connectivity index (χ4v) is 4.00. The summed E-state index contributed by atoms with van der Waals surface area (Å²) in [6.45, 7) is 5.96. The molecule has 8 nitrogen and oxygen atoms in total. The van der Waals surface area contributed by atoms with Crippen LogP contribution in [0.1, 0.15) is 39.2 Å². The van der Waals surface area contributed by atoms with Gasteiger partial charge in [-0.1, -0.05) is 51.1 Å². The van der Waals surface area contributed by atoms with Crippen molar-refractivity contribution in [3.8, 4) is 5.75 Å². The smallest absolute Gasteiger partial charge is 0.409 e. The number of rotatable bonds is 9. The maximum absolute atomic E-state index is 13.2. The molecule has 3 N–H and O–H groups in total. The van der Waals surface area contributed by atoms with E-state index < -0.39 is 24.1 Å². The summed E-state index contributed by atoms with van der Waals surface area (Å²) < 4.78 is 10.7. The summed E-state index contributed by atoms with van der Waals surface area (Å²) in [5.41, 5.74) is 0.822. The SMILES string of the molecule is CCC1OCC(=O)C1NC(=O)[C@H](CC(C)(C)Cc1ccccc1)NC(=O)Oc1cc[nH]c1. The zero-order valence-electron chi connectivity index (χ0n) is 18.7. The normalized spacial score (nSPS) is 19.4. The molecule has 8 heteroatoms. The average Bonchev–Trinajstić information content (AvgIpc) is 3.37. The first-order valence-electron chi connectivity index (χ1n) is 10.9. The van der Waals surface area contributed by atoms with E-state index in [1.54, 1.807) is 12.3 Å². The number of hydrogen-bond acceptors (Lipinski definition) is 5. The zero-order valence-corrected chi connectivity index (χ0v) is 18.7. The maximum atomic E-state index is 13.2. The van der Waals surface area contributed by atoms with Gasteiger partial charge in [0.05, 0.1) is 6.10 Å². The first-order chi connectivity index (χ1) is 15.3. The summed E-state index contributed by atoms with van der Waals surface area (Å²) in [5.74, 6) is -0.252. The number of carbonyl (C=O) groups is 3. The van der Waals surface area contributed by atoms with Gasteiger partial charge in [-0.05, 0) is 36.3 Å². The molecule has 0 aliphatic carbocycles. The number of Topliss-reactive ketones (excluding diaryl/α,β-unsaturated/α-hetero) is 1. The van der Waals surface area contributed by atoms with Crippen LogP contribution in [0.4, 0.5) is 4.79 Å². The second kappa shape index (κ2) is 10.5. The topological polar surface area (TPSA) is 110 Å². The summed E-state index contributed by atoms with van der Waals surface area (Å²) in [4.78, 5) is 40.7. The Bertz CT molecular complexity index is 911. The molecule has 1 aliphatic rings. The van der Waals surface area contributed by atoms with Crippen LogP contribution in [-0.4, -0.2) is 47.6 Å². The van der Waals surface area contributed by atoms with Gasteiger partial charge in [-0.3, -0.25) is 9.59 Å². The fourth-order valence-electron chi connectivity index (χ4n) is 4.00. The van der Waals surface area contributed by atoms with Gasteiger partial charge in [0.1, 0.15) is 24.4 Å². The van der Waals surface area contributed by atoms with Crippen LogP contribution in [0.3, 0.4) is 0 Å². The number of nitrogens with one attached hydrogen (secondary N) is 3. The van der Waals surface area contributed by atoms with Crippen LogP contribution >= 0.6 is 0 Å². The highest BCUT2D eigenvalue weighted by molar-refractivity contribution is 5.94. The molecule has 0 radical (unpaired) electrons. The van der Waals surface area contributed by atoms with E-state index in [4.69, 9.17) is 9.47 Å². The summed E-state index contributed by atoms with van der Waals surface area (Å²) in [6, 6.07) is 9.97. The molecule has 0 spiro atoms. The predicted octanol–water partition coefficient (Wildman–Crippen LogP) is 2.99. The minimum Gasteiger partial charge on any atom is -0.409 e. The van der Waals surface area contributed by atoms with Crippen LogP contribution in [0.5, 0.6) is 5.75 Å². The summed E-state index contributed by atoms with van der Waals surface area (Å²) in [7, 11) is 0. The third-order valence-electron chi connectivity index (χ3n) is 5.53. The quantitative estimate of drug-likeness (QED) is 0.554. The number of benzene rings is 1. The minimum atomic E-state index is -0.883. The van der Waals surface area contributed by atoms with Crippen molar-refractivity contribution in [1.29, 1.82) is 0 Å². The van der Waals surface area contributed by atoms with Crippen LogP contribution in [0, 0.1) is 5.41 Å². The summed E-state index contributed by atoms with van der Waals surface area (Å²) in [6.07, 6.45) is 3.74. The first-order valence-corrected chi connectivity index (χ1v) is 10.9. The fraction of sp³-hybridized carbons (Fsp3) is 0.458. The lowest BCUT2D eigenvalue weighted by atomic mass is 9.80. The number of hydrogen-bond donors (Lipinski definition) is 3. The third kappa shape index (κ3) is 6.43. The lowest BCUT2D eigenvalue weighted by molar-refractivity contribution is -0.128. The lowest BCUT2D eigenvalue weighted by Gasteiger charge is -2.30. The van der Waals surface area contributed by atoms with Gasteiger partial charge in [0.2, 0.25) is 5.91 Å². The Hall–Kier alpha value is -3.13. The molecule has 1 aliphatic heterocycles. The Balaban J connectivity index is 1.72. The van der Waals surface area contributed by atoms with E-state index in [0.717, 1.165) is 12.0 Å². The molecule has 3 rings (SSSR count). The molecule has 1 fully saturated rings. The Kier molecular flexibility index (Phi) is 7.69. The van der Waals surface area contributed by atoms with Crippen LogP contribution in [0.25, 0.3) is 0 Å². The van der Waals surface area contributed by atoms with Crippen molar-refractivity contribution in [3.63, 3.8) is 0 Å². The monoisotopic (exact) mass is 441 g/mol. The molecule has 0 bridgehead atoms. The van der Waals surface area contributed by atoms with Crippen LogP contribution < -0.4 is 15.4 Å². The molecule has 2 aromatic rings. The third-order valence-corrected chi connectivity index (χ3v) is 5.53. The molecule has 1 aromatic heterocycles. The van der Waals surface area contributed by atoms with Crippen molar-refractivity contribution in [2.75, 3.05) is 6.61 Å². The lowest BCUT2D eigenvalue weighted by Crippen LogP contribution is -2.54. The van der Waals surface area contributed by atoms with Crippen molar-refractivity contribution in [3.05, 3.63) is 54.4 Å². The van der Waals surface area contributed by atoms with Gasteiger partial charge in [-0.2, -0.15) is 0 Å². The van der Waals surface area contributed by atoms with Gasteiger partial charge >= 0.3 is 6.09 Å². The number of ketones is 1. The van der Waals surface area contributed by atoms with E-state index in [0.29, 0.717) is 18.6 Å². The van der Waals surface area contributed by atoms with Gasteiger partial charge in [0, 0.05) is 12.4 Å². The van der Waals surface area contributed by atoms with Crippen molar-refractivity contribution < 1.29 is 23.9 Å². The van der Waals surface area contributed by atoms with E-state index in [1.807, 2.05) is 51.1 Å². The Morgan fingerprint density at radius 2 is 2.00 bits per heavy atom. The van der Waals surface area contributed by atoms with E-state index in [-0.39, 0.29) is 23.9 Å². The maximum Gasteiger partial charge on any atom is 0.413 e. The number of carbonyl (C=O) groups excluding carboxylic acids is 3. The Morgan fingerprint density at radius 3 is 2.66 bits per heavy atom. The second-order valence-electron chi connectivity index (χ2n) is 8.87. The van der Waals surface area contributed by atoms with E-state index in [2.05, 4.69) is 15.6 Å². The molecule has 172 valence electrons. The van der Waals surface area contributed by atoms with Crippen LogP contribution in [-0.2, 0) is 20.7 Å². The number of aromatic nitrogens is 1. The highest BCUT2D eigenvalue weighted by atomic mass is 16.6. The molecular formula is C24H31N3O5. The molecule has 1 saturated heterocycles. The van der Waals surface area contributed by atoms with Gasteiger partial charge < -0.3 is 25.1 Å². The van der Waals surface area contributed by atoms with Crippen molar-refractivity contribution >= 4 is 17.8 Å². The molecule has 0 saturated carbocycles. The molecule has 2 unspecified atom stereocenters. The molecule has 2 amide bonds. The van der Waals surface area contributed by atoms with E-state index >= 15 is 0 Å². The van der Waals surface area contributed by atoms with Crippen molar-refractivity contribution in [2.24, 2.45) is 5.41 Å². The summed E-state index contributed by atoms with van der Waals surface area (Å²) >= 11 is 0. The number of aromatic amines is 1. The van der Waals surface area contributed by atoms with Gasteiger partial charge in [0.25, 0.3) is 0 Å². The van der Waals surface area contributed by atoms with Crippen LogP contribution in [0.15, 0.2) is 48.8 Å². The zero-order chi connectivity index (χ0) is 23.1. The average molecular weight is 442 g/mol. The van der Waals surface area contributed by atoms with Crippen LogP contribution in [0.2, 0.25) is 0 Å². The van der Waals surface area contributed by atoms with Gasteiger partial charge in [-0.15, -0.1) is 0 Å². The molecule has 1 aromatic carbocycles. The molecular weight excluding hydrogens is 410 g/mol. The Morgan fingerprint density at radius 1 is 1.25 bits per heavy atom. The molecule has 2 heterocycles. The highest BCUT2D eigenvalue weighted by Gasteiger charge is 2.38. The second-order valence-corrected chi connectivity index (χ2v) is 8.87. The number of ether oxygens (including phenoxy) is 2. The Labute approximate surface area is 188 Å². The predicted molar refractivity (Wildman–Crippen MR) is 119 cm³/mol.